The Morgan fingerprint density at radius 2 is 1.95 bits per heavy atom. The normalized spacial score (nSPS) is 13.2. The van der Waals surface area contributed by atoms with Crippen LogP contribution in [0.3, 0.4) is 0 Å². The van der Waals surface area contributed by atoms with Crippen LogP contribution in [0.15, 0.2) is 46.7 Å². The van der Waals surface area contributed by atoms with E-state index in [2.05, 4.69) is 9.97 Å². The number of hydrogen-bond donors (Lipinski definition) is 1. The summed E-state index contributed by atoms with van der Waals surface area (Å²) in [7, 11) is 0. The van der Waals surface area contributed by atoms with Crippen molar-refractivity contribution in [2.75, 3.05) is 0 Å². The number of nitrogens with zero attached hydrogens (tertiary/aromatic N) is 2. The lowest BCUT2D eigenvalue weighted by Crippen LogP contribution is -2.07. The third-order valence-corrected chi connectivity index (χ3v) is 3.54. The summed E-state index contributed by atoms with van der Waals surface area (Å²) in [6.45, 7) is 1.82. The molecule has 0 fully saturated rings. The second-order valence-corrected chi connectivity index (χ2v) is 5.18. The van der Waals surface area contributed by atoms with Gasteiger partial charge in [0.15, 0.2) is 0 Å². The van der Waals surface area contributed by atoms with Crippen molar-refractivity contribution in [2.24, 2.45) is 5.73 Å². The molecule has 20 heavy (non-hydrogen) atoms. The molecule has 3 nitrogen and oxygen atoms in total. The molecule has 0 amide bonds. The van der Waals surface area contributed by atoms with E-state index in [9.17, 15) is 13.2 Å². The Labute approximate surface area is 118 Å². The lowest BCUT2D eigenvalue weighted by atomic mass is 10.2. The van der Waals surface area contributed by atoms with E-state index in [0.717, 1.165) is 17.8 Å². The Kier molecular flexibility index (Phi) is 4.29. The highest BCUT2D eigenvalue weighted by Gasteiger charge is 2.30. The molecular formula is C13H12F3N3S. The van der Waals surface area contributed by atoms with E-state index >= 15 is 0 Å². The first kappa shape index (κ1) is 14.8. The number of pyridine rings is 2. The van der Waals surface area contributed by atoms with Gasteiger partial charge in [-0.1, -0.05) is 6.07 Å². The van der Waals surface area contributed by atoms with Gasteiger partial charge in [0.25, 0.3) is 0 Å². The lowest BCUT2D eigenvalue weighted by Gasteiger charge is -2.11. The minimum atomic E-state index is -4.38. The minimum absolute atomic E-state index is 0.208. The minimum Gasteiger partial charge on any atom is -0.324 e. The van der Waals surface area contributed by atoms with Crippen LogP contribution in [0.4, 0.5) is 13.2 Å². The van der Waals surface area contributed by atoms with Crippen LogP contribution in [-0.4, -0.2) is 9.97 Å². The number of nitrogens with two attached hydrogens (primary N) is 1. The first-order chi connectivity index (χ1) is 9.38. The van der Waals surface area contributed by atoms with Crippen molar-refractivity contribution in [1.29, 1.82) is 0 Å². The molecule has 2 rings (SSSR count). The molecule has 0 spiro atoms. The summed E-state index contributed by atoms with van der Waals surface area (Å²) in [5.74, 6) is 0. The van der Waals surface area contributed by atoms with E-state index in [1.54, 1.807) is 12.3 Å². The fourth-order valence-electron chi connectivity index (χ4n) is 1.54. The fourth-order valence-corrected chi connectivity index (χ4v) is 2.47. The van der Waals surface area contributed by atoms with Crippen molar-refractivity contribution in [3.63, 3.8) is 0 Å². The van der Waals surface area contributed by atoms with Crippen molar-refractivity contribution >= 4 is 11.8 Å². The van der Waals surface area contributed by atoms with Gasteiger partial charge in [0.2, 0.25) is 0 Å². The van der Waals surface area contributed by atoms with E-state index in [1.165, 1.54) is 17.8 Å². The number of alkyl halides is 3. The smallest absolute Gasteiger partial charge is 0.324 e. The van der Waals surface area contributed by atoms with Crippen molar-refractivity contribution < 1.29 is 13.2 Å². The second kappa shape index (κ2) is 5.80. The third kappa shape index (κ3) is 3.49. The second-order valence-electron chi connectivity index (χ2n) is 4.17. The van der Waals surface area contributed by atoms with E-state index < -0.39 is 11.7 Å². The fraction of sp³-hybridized carbons (Fsp3) is 0.231. The molecule has 0 aliphatic rings. The van der Waals surface area contributed by atoms with E-state index in [0.29, 0.717) is 10.1 Å². The van der Waals surface area contributed by atoms with Gasteiger partial charge in [-0.2, -0.15) is 13.2 Å². The van der Waals surface area contributed by atoms with Crippen molar-refractivity contribution in [2.45, 2.75) is 29.2 Å². The zero-order valence-electron chi connectivity index (χ0n) is 10.6. The lowest BCUT2D eigenvalue weighted by molar-refractivity contribution is -0.137. The summed E-state index contributed by atoms with van der Waals surface area (Å²) in [6, 6.07) is 5.73. The van der Waals surface area contributed by atoms with Gasteiger partial charge in [0.05, 0.1) is 5.56 Å². The van der Waals surface area contributed by atoms with Gasteiger partial charge in [-0.05, 0) is 36.9 Å². The topological polar surface area (TPSA) is 51.8 Å². The third-order valence-electron chi connectivity index (χ3n) is 2.56. The van der Waals surface area contributed by atoms with Crippen LogP contribution in [0.5, 0.6) is 0 Å². The largest absolute Gasteiger partial charge is 0.417 e. The molecule has 106 valence electrons. The van der Waals surface area contributed by atoms with Gasteiger partial charge in [-0.15, -0.1) is 0 Å². The molecule has 2 N–H and O–H groups in total. The van der Waals surface area contributed by atoms with E-state index in [-0.39, 0.29) is 6.04 Å². The average Bonchev–Trinajstić information content (AvgIpc) is 2.38. The highest BCUT2D eigenvalue weighted by atomic mass is 32.2. The van der Waals surface area contributed by atoms with Gasteiger partial charge < -0.3 is 5.73 Å². The van der Waals surface area contributed by atoms with Crippen LogP contribution in [-0.2, 0) is 6.18 Å². The summed E-state index contributed by atoms with van der Waals surface area (Å²) in [5.41, 5.74) is 5.89. The molecule has 2 aromatic heterocycles. The summed E-state index contributed by atoms with van der Waals surface area (Å²) in [5, 5.41) is 1.09. The summed E-state index contributed by atoms with van der Waals surface area (Å²) in [4.78, 5) is 7.99. The molecular weight excluding hydrogens is 287 g/mol. The van der Waals surface area contributed by atoms with Crippen LogP contribution >= 0.6 is 11.8 Å². The SMILES string of the molecule is CC(N)c1cccnc1Sc1ccc(C(F)(F)F)cn1. The van der Waals surface area contributed by atoms with E-state index in [1.807, 2.05) is 13.0 Å². The molecule has 0 aliphatic carbocycles. The van der Waals surface area contributed by atoms with Gasteiger partial charge in [-0.3, -0.25) is 0 Å². The van der Waals surface area contributed by atoms with Gasteiger partial charge >= 0.3 is 6.18 Å². The highest BCUT2D eigenvalue weighted by Crippen LogP contribution is 2.32. The number of aromatic nitrogens is 2. The van der Waals surface area contributed by atoms with Crippen molar-refractivity contribution in [1.82, 2.24) is 9.97 Å². The maximum absolute atomic E-state index is 12.4. The first-order valence-electron chi connectivity index (χ1n) is 5.79. The summed E-state index contributed by atoms with van der Waals surface area (Å²) >= 11 is 1.19. The zero-order chi connectivity index (χ0) is 14.8. The standard InChI is InChI=1S/C13H12F3N3S/c1-8(17)10-3-2-6-18-12(10)20-11-5-4-9(7-19-11)13(14,15)16/h2-8H,17H2,1H3. The number of rotatable bonds is 3. The molecule has 7 heteroatoms. The number of halogens is 3. The van der Waals surface area contributed by atoms with Crippen molar-refractivity contribution in [3.05, 3.63) is 47.8 Å². The number of hydrogen-bond acceptors (Lipinski definition) is 4. The molecule has 0 radical (unpaired) electrons. The predicted octanol–water partition coefficient (Wildman–Crippen LogP) is 3.67. The van der Waals surface area contributed by atoms with Crippen LogP contribution in [0.2, 0.25) is 0 Å². The maximum Gasteiger partial charge on any atom is 0.417 e. The van der Waals surface area contributed by atoms with Gasteiger partial charge in [-0.25, -0.2) is 9.97 Å². The molecule has 0 saturated carbocycles. The Bertz CT molecular complexity index is 582. The monoisotopic (exact) mass is 299 g/mol. The summed E-state index contributed by atoms with van der Waals surface area (Å²) < 4.78 is 37.3. The summed E-state index contributed by atoms with van der Waals surface area (Å²) in [6.07, 6.45) is -1.95. The molecule has 0 aromatic carbocycles. The molecule has 0 aliphatic heterocycles. The Morgan fingerprint density at radius 3 is 2.50 bits per heavy atom. The molecule has 0 bridgehead atoms. The van der Waals surface area contributed by atoms with Crippen LogP contribution in [0.25, 0.3) is 0 Å². The van der Waals surface area contributed by atoms with Crippen LogP contribution in [0, 0.1) is 0 Å². The molecule has 2 heterocycles. The first-order valence-corrected chi connectivity index (χ1v) is 6.61. The van der Waals surface area contributed by atoms with Gasteiger partial charge in [0.1, 0.15) is 10.1 Å². The van der Waals surface area contributed by atoms with Crippen molar-refractivity contribution in [3.8, 4) is 0 Å². The van der Waals surface area contributed by atoms with Crippen LogP contribution < -0.4 is 5.73 Å². The van der Waals surface area contributed by atoms with Gasteiger partial charge in [0, 0.05) is 24.0 Å². The Morgan fingerprint density at radius 1 is 1.20 bits per heavy atom. The highest BCUT2D eigenvalue weighted by molar-refractivity contribution is 7.99. The molecule has 1 unspecified atom stereocenters. The molecule has 0 saturated heterocycles. The Balaban J connectivity index is 2.23. The Hall–Kier alpha value is -1.60. The van der Waals surface area contributed by atoms with E-state index in [4.69, 9.17) is 5.73 Å². The molecule has 2 aromatic rings. The quantitative estimate of drug-likeness (QED) is 0.939. The predicted molar refractivity (Wildman–Crippen MR) is 70.2 cm³/mol. The van der Waals surface area contributed by atoms with Crippen LogP contribution in [0.1, 0.15) is 24.1 Å². The zero-order valence-corrected chi connectivity index (χ0v) is 11.4. The average molecular weight is 299 g/mol. The molecule has 1 atom stereocenters. The maximum atomic E-state index is 12.4.